The molecule has 110 valence electrons. The van der Waals surface area contributed by atoms with Gasteiger partial charge in [0.25, 0.3) is 0 Å². The molecule has 1 aromatic rings. The third-order valence-corrected chi connectivity index (χ3v) is 3.51. The van der Waals surface area contributed by atoms with Crippen molar-refractivity contribution >= 4 is 35.6 Å². The molecule has 0 radical (unpaired) electrons. The number of rotatable bonds is 3. The summed E-state index contributed by atoms with van der Waals surface area (Å²) in [7, 11) is 0. The fraction of sp³-hybridized carbons (Fsp3) is 0.538. The van der Waals surface area contributed by atoms with Crippen LogP contribution in [0.15, 0.2) is 12.1 Å². The Morgan fingerprint density at radius 2 is 1.79 bits per heavy atom. The Kier molecular flexibility index (Phi) is 6.93. The summed E-state index contributed by atoms with van der Waals surface area (Å²) in [5, 5.41) is 20.4. The maximum Gasteiger partial charge on any atom is 0.140 e. The van der Waals surface area contributed by atoms with E-state index >= 15 is 0 Å². The Bertz CT molecular complexity index is 433. The molecule has 0 aliphatic heterocycles. The monoisotopic (exact) mass is 327 g/mol. The van der Waals surface area contributed by atoms with Gasteiger partial charge < -0.3 is 15.9 Å². The highest BCUT2D eigenvalue weighted by Crippen LogP contribution is 2.37. The van der Waals surface area contributed by atoms with Crippen molar-refractivity contribution in [3.63, 3.8) is 0 Å². The van der Waals surface area contributed by atoms with Crippen LogP contribution in [0.4, 0.5) is 0 Å². The van der Waals surface area contributed by atoms with Gasteiger partial charge in [-0.1, -0.05) is 44.0 Å². The van der Waals surface area contributed by atoms with E-state index in [4.69, 9.17) is 28.9 Å². The number of aliphatic hydroxyl groups is 1. The van der Waals surface area contributed by atoms with Crippen molar-refractivity contribution in [1.29, 1.82) is 0 Å². The van der Waals surface area contributed by atoms with E-state index in [9.17, 15) is 10.2 Å². The summed E-state index contributed by atoms with van der Waals surface area (Å²) in [6.45, 7) is 5.99. The molecule has 0 aliphatic carbocycles. The minimum absolute atomic E-state index is 0. The molecule has 0 fully saturated rings. The maximum absolute atomic E-state index is 10.1. The van der Waals surface area contributed by atoms with Gasteiger partial charge in [-0.2, -0.15) is 0 Å². The number of hydrogen-bond acceptors (Lipinski definition) is 3. The minimum atomic E-state index is -0.893. The molecule has 0 bridgehead atoms. The summed E-state index contributed by atoms with van der Waals surface area (Å²) in [6, 6.07) is 2.73. The highest BCUT2D eigenvalue weighted by molar-refractivity contribution is 6.35. The standard InChI is InChI=1S/C13H19Cl2NO2.ClH/c1-13(2,3)11(16)6-10(17)8-4-7(14)5-9(15)12(8)18;/h4-5,10-11,17-18H,6,16H2,1-3H3;1H/t10-,11+;/m1./s1. The van der Waals surface area contributed by atoms with E-state index in [0.717, 1.165) is 0 Å². The second-order valence-corrected chi connectivity index (χ2v) is 6.39. The van der Waals surface area contributed by atoms with Crippen LogP contribution in [0.25, 0.3) is 0 Å². The van der Waals surface area contributed by atoms with Crippen molar-refractivity contribution in [3.8, 4) is 5.75 Å². The Morgan fingerprint density at radius 1 is 1.26 bits per heavy atom. The summed E-state index contributed by atoms with van der Waals surface area (Å²) >= 11 is 11.7. The van der Waals surface area contributed by atoms with Crippen LogP contribution in [0.2, 0.25) is 10.0 Å². The molecule has 0 spiro atoms. The summed E-state index contributed by atoms with van der Waals surface area (Å²) in [4.78, 5) is 0. The third kappa shape index (κ3) is 5.01. The van der Waals surface area contributed by atoms with Gasteiger partial charge >= 0.3 is 0 Å². The Labute approximate surface area is 130 Å². The molecule has 0 unspecified atom stereocenters. The quantitative estimate of drug-likeness (QED) is 0.788. The number of nitrogens with two attached hydrogens (primary N) is 1. The van der Waals surface area contributed by atoms with Crippen LogP contribution in [0.1, 0.15) is 38.9 Å². The lowest BCUT2D eigenvalue weighted by Gasteiger charge is -2.29. The lowest BCUT2D eigenvalue weighted by atomic mass is 9.83. The fourth-order valence-corrected chi connectivity index (χ4v) is 2.07. The van der Waals surface area contributed by atoms with E-state index in [1.165, 1.54) is 12.1 Å². The zero-order valence-corrected chi connectivity index (χ0v) is 13.5. The van der Waals surface area contributed by atoms with Crippen LogP contribution in [0.5, 0.6) is 5.75 Å². The van der Waals surface area contributed by atoms with Gasteiger partial charge in [0, 0.05) is 16.6 Å². The van der Waals surface area contributed by atoms with Gasteiger partial charge in [0.05, 0.1) is 11.1 Å². The molecule has 1 rings (SSSR count). The fourth-order valence-electron chi connectivity index (χ4n) is 1.56. The van der Waals surface area contributed by atoms with Gasteiger partial charge in [-0.15, -0.1) is 12.4 Å². The smallest absolute Gasteiger partial charge is 0.140 e. The molecule has 2 atom stereocenters. The first-order valence-corrected chi connectivity index (χ1v) is 6.50. The molecule has 6 heteroatoms. The van der Waals surface area contributed by atoms with Crippen molar-refractivity contribution in [2.24, 2.45) is 11.1 Å². The predicted molar refractivity (Wildman–Crippen MR) is 82.4 cm³/mol. The van der Waals surface area contributed by atoms with Gasteiger partial charge in [0.1, 0.15) is 5.75 Å². The van der Waals surface area contributed by atoms with Crippen molar-refractivity contribution in [1.82, 2.24) is 0 Å². The van der Waals surface area contributed by atoms with Crippen LogP contribution in [-0.2, 0) is 0 Å². The molecule has 1 aromatic carbocycles. The highest BCUT2D eigenvalue weighted by Gasteiger charge is 2.25. The number of halogens is 3. The average Bonchev–Trinajstić information content (AvgIpc) is 2.21. The lowest BCUT2D eigenvalue weighted by molar-refractivity contribution is 0.131. The first kappa shape index (κ1) is 18.8. The minimum Gasteiger partial charge on any atom is -0.506 e. The predicted octanol–water partition coefficient (Wildman–Crippen LogP) is 3.92. The summed E-state index contributed by atoms with van der Waals surface area (Å²) in [5.74, 6) is -0.144. The number of aromatic hydroxyl groups is 1. The van der Waals surface area contributed by atoms with Crippen LogP contribution in [0, 0.1) is 5.41 Å². The Hall–Kier alpha value is -0.190. The average molecular weight is 329 g/mol. The molecule has 19 heavy (non-hydrogen) atoms. The molecule has 0 amide bonds. The van der Waals surface area contributed by atoms with Gasteiger partial charge in [-0.3, -0.25) is 0 Å². The van der Waals surface area contributed by atoms with Crippen LogP contribution >= 0.6 is 35.6 Å². The van der Waals surface area contributed by atoms with E-state index in [2.05, 4.69) is 0 Å². The van der Waals surface area contributed by atoms with Gasteiger partial charge in [0.2, 0.25) is 0 Å². The zero-order valence-electron chi connectivity index (χ0n) is 11.2. The molecule has 0 aromatic heterocycles. The number of phenolic OH excluding ortho intramolecular Hbond substituents is 1. The van der Waals surface area contributed by atoms with E-state index in [-0.39, 0.29) is 34.6 Å². The Morgan fingerprint density at radius 3 is 2.26 bits per heavy atom. The molecule has 0 saturated carbocycles. The highest BCUT2D eigenvalue weighted by atomic mass is 35.5. The van der Waals surface area contributed by atoms with E-state index < -0.39 is 6.10 Å². The second kappa shape index (κ2) is 7.00. The number of aliphatic hydroxyl groups excluding tert-OH is 1. The first-order chi connectivity index (χ1) is 8.12. The van der Waals surface area contributed by atoms with Gasteiger partial charge in [-0.25, -0.2) is 0 Å². The first-order valence-electron chi connectivity index (χ1n) is 5.74. The molecule has 0 aliphatic rings. The van der Waals surface area contributed by atoms with Crippen molar-refractivity contribution in [2.45, 2.75) is 39.3 Å². The topological polar surface area (TPSA) is 66.5 Å². The van der Waals surface area contributed by atoms with Crippen molar-refractivity contribution < 1.29 is 10.2 Å². The molecular weight excluding hydrogens is 309 g/mol. The molecule has 0 heterocycles. The molecule has 4 N–H and O–H groups in total. The SMILES string of the molecule is CC(C)(C)[C@@H](N)C[C@@H](O)c1cc(Cl)cc(Cl)c1O.Cl. The normalized spacial score (nSPS) is 14.7. The van der Waals surface area contributed by atoms with E-state index in [1.54, 1.807) is 0 Å². The zero-order chi connectivity index (χ0) is 14.1. The van der Waals surface area contributed by atoms with Crippen LogP contribution < -0.4 is 5.73 Å². The lowest BCUT2D eigenvalue weighted by Crippen LogP contribution is -2.36. The number of benzene rings is 1. The maximum atomic E-state index is 10.1. The van der Waals surface area contributed by atoms with Crippen molar-refractivity contribution in [3.05, 3.63) is 27.7 Å². The molecule has 0 saturated heterocycles. The summed E-state index contributed by atoms with van der Waals surface area (Å²) in [6.07, 6.45) is -0.566. The van der Waals surface area contributed by atoms with E-state index in [1.807, 2.05) is 20.8 Å². The molecular formula is C13H20Cl3NO2. The summed E-state index contributed by atoms with van der Waals surface area (Å²) < 4.78 is 0. The third-order valence-electron chi connectivity index (χ3n) is 3.01. The second-order valence-electron chi connectivity index (χ2n) is 5.55. The van der Waals surface area contributed by atoms with Crippen molar-refractivity contribution in [2.75, 3.05) is 0 Å². The van der Waals surface area contributed by atoms with Crippen LogP contribution in [-0.4, -0.2) is 16.3 Å². The largest absolute Gasteiger partial charge is 0.506 e. The molecule has 3 nitrogen and oxygen atoms in total. The van der Waals surface area contributed by atoms with Crippen LogP contribution in [0.3, 0.4) is 0 Å². The summed E-state index contributed by atoms with van der Waals surface area (Å²) in [5.41, 5.74) is 6.19. The Balaban J connectivity index is 0.00000324. The number of phenols is 1. The van der Waals surface area contributed by atoms with Gasteiger partial charge in [-0.05, 0) is 24.0 Å². The van der Waals surface area contributed by atoms with E-state index in [0.29, 0.717) is 17.0 Å². The van der Waals surface area contributed by atoms with Gasteiger partial charge in [0.15, 0.2) is 0 Å². The number of hydrogen-bond donors (Lipinski definition) is 3.